The number of fused-ring (bicyclic) bond motifs is 1. The summed E-state index contributed by atoms with van der Waals surface area (Å²) in [5.41, 5.74) is 0.958. The monoisotopic (exact) mass is 433 g/mol. The second-order valence-corrected chi connectivity index (χ2v) is 8.79. The molecule has 0 bridgehead atoms. The van der Waals surface area contributed by atoms with Gasteiger partial charge < -0.3 is 24.6 Å². The molecule has 1 aliphatic heterocycles. The van der Waals surface area contributed by atoms with Crippen LogP contribution in [0.4, 0.5) is 5.82 Å². The van der Waals surface area contributed by atoms with E-state index in [1.807, 2.05) is 32.0 Å². The summed E-state index contributed by atoms with van der Waals surface area (Å²) in [4.78, 5) is 24.8. The van der Waals surface area contributed by atoms with Crippen molar-refractivity contribution < 1.29 is 23.6 Å². The van der Waals surface area contributed by atoms with Crippen LogP contribution in [0.5, 0.6) is 11.5 Å². The van der Waals surface area contributed by atoms with Gasteiger partial charge in [-0.05, 0) is 37.5 Å². The van der Waals surface area contributed by atoms with Crippen LogP contribution in [0.25, 0.3) is 0 Å². The summed E-state index contributed by atoms with van der Waals surface area (Å²) in [6, 6.07) is 7.21. The number of hydrogen-bond acceptors (Lipinski definition) is 7. The van der Waals surface area contributed by atoms with Crippen molar-refractivity contribution in [2.75, 3.05) is 24.3 Å². The van der Waals surface area contributed by atoms with Gasteiger partial charge in [-0.2, -0.15) is 0 Å². The predicted octanol–water partition coefficient (Wildman–Crippen LogP) is 3.33. The number of nitrogens with zero attached hydrogens (tertiary/aromatic N) is 1. The lowest BCUT2D eigenvalue weighted by Crippen LogP contribution is -2.34. The summed E-state index contributed by atoms with van der Waals surface area (Å²) < 4.78 is 16.2. The molecule has 0 fully saturated rings. The maximum absolute atomic E-state index is 12.6. The maximum Gasteiger partial charge on any atom is 0.238 e. The van der Waals surface area contributed by atoms with E-state index in [1.165, 1.54) is 11.8 Å². The van der Waals surface area contributed by atoms with Crippen molar-refractivity contribution in [2.45, 2.75) is 39.0 Å². The van der Waals surface area contributed by atoms with Crippen LogP contribution < -0.4 is 20.1 Å². The molecule has 2 amide bonds. The summed E-state index contributed by atoms with van der Waals surface area (Å²) in [7, 11) is 0. The molecule has 0 spiro atoms. The quantitative estimate of drug-likeness (QED) is 0.658. The fourth-order valence-corrected chi connectivity index (χ4v) is 3.73. The third kappa shape index (κ3) is 5.69. The number of hydrogen-bond donors (Lipinski definition) is 2. The smallest absolute Gasteiger partial charge is 0.238 e. The molecule has 0 aliphatic carbocycles. The zero-order valence-electron chi connectivity index (χ0n) is 17.6. The van der Waals surface area contributed by atoms with Gasteiger partial charge in [0.05, 0.1) is 17.0 Å². The predicted molar refractivity (Wildman–Crippen MR) is 115 cm³/mol. The topological polar surface area (TPSA) is 103 Å². The van der Waals surface area contributed by atoms with Gasteiger partial charge >= 0.3 is 0 Å². The van der Waals surface area contributed by atoms with Crippen LogP contribution >= 0.6 is 11.8 Å². The molecule has 1 aromatic carbocycles. The fraction of sp³-hybridized carbons (Fsp3) is 0.476. The zero-order valence-corrected chi connectivity index (χ0v) is 18.4. The van der Waals surface area contributed by atoms with E-state index >= 15 is 0 Å². The number of aryl methyl sites for hydroxylation is 1. The number of aromatic nitrogens is 1. The van der Waals surface area contributed by atoms with Crippen LogP contribution in [-0.2, 0) is 9.59 Å². The Morgan fingerprint density at radius 2 is 1.87 bits per heavy atom. The van der Waals surface area contributed by atoms with Gasteiger partial charge in [0.2, 0.25) is 11.8 Å². The Balaban J connectivity index is 1.54. The van der Waals surface area contributed by atoms with Crippen LogP contribution in [0.15, 0.2) is 28.8 Å². The number of ether oxygens (including phenoxy) is 2. The SMILES string of the molecule is Cc1cc(NC(=O)C(C)SCC(=O)NC(c2ccc3c(c2)OCCO3)C(C)C)no1. The lowest BCUT2D eigenvalue weighted by Gasteiger charge is -2.25. The number of benzene rings is 1. The van der Waals surface area contributed by atoms with E-state index < -0.39 is 5.25 Å². The Morgan fingerprint density at radius 3 is 2.53 bits per heavy atom. The molecule has 9 heteroatoms. The molecule has 162 valence electrons. The normalized spacial score (nSPS) is 14.8. The Hall–Kier alpha value is -2.68. The second-order valence-electron chi connectivity index (χ2n) is 7.46. The highest BCUT2D eigenvalue weighted by Gasteiger charge is 2.23. The zero-order chi connectivity index (χ0) is 21.7. The van der Waals surface area contributed by atoms with Crippen LogP contribution in [0.1, 0.15) is 38.1 Å². The summed E-state index contributed by atoms with van der Waals surface area (Å²) in [5, 5.41) is 9.07. The fourth-order valence-electron chi connectivity index (χ4n) is 3.03. The highest BCUT2D eigenvalue weighted by atomic mass is 32.2. The van der Waals surface area contributed by atoms with Gasteiger partial charge in [-0.25, -0.2) is 0 Å². The first-order valence-corrected chi connectivity index (χ1v) is 10.9. The van der Waals surface area contributed by atoms with Gasteiger partial charge in [-0.15, -0.1) is 11.8 Å². The molecule has 30 heavy (non-hydrogen) atoms. The molecule has 2 atom stereocenters. The number of nitrogens with one attached hydrogen (secondary N) is 2. The van der Waals surface area contributed by atoms with Crippen LogP contribution in [0.3, 0.4) is 0 Å². The molecular weight excluding hydrogens is 406 g/mol. The average molecular weight is 434 g/mol. The minimum atomic E-state index is -0.417. The highest BCUT2D eigenvalue weighted by molar-refractivity contribution is 8.01. The van der Waals surface area contributed by atoms with Gasteiger partial charge in [0.15, 0.2) is 17.3 Å². The summed E-state index contributed by atoms with van der Waals surface area (Å²) in [5.74, 6) is 2.38. The van der Waals surface area contributed by atoms with Crippen LogP contribution in [0.2, 0.25) is 0 Å². The first-order valence-electron chi connectivity index (χ1n) is 9.88. The Bertz CT molecular complexity index is 899. The summed E-state index contributed by atoms with van der Waals surface area (Å²) in [6.07, 6.45) is 0. The van der Waals surface area contributed by atoms with Crippen molar-refractivity contribution in [1.29, 1.82) is 0 Å². The molecule has 0 radical (unpaired) electrons. The number of thioether (sulfide) groups is 1. The Labute approximate surface area is 180 Å². The molecule has 3 rings (SSSR count). The van der Waals surface area contributed by atoms with E-state index in [1.54, 1.807) is 19.9 Å². The van der Waals surface area contributed by atoms with E-state index in [4.69, 9.17) is 14.0 Å². The molecular formula is C21H27N3O5S. The minimum Gasteiger partial charge on any atom is -0.486 e. The van der Waals surface area contributed by atoms with Gasteiger partial charge in [0.25, 0.3) is 0 Å². The van der Waals surface area contributed by atoms with Gasteiger partial charge in [0.1, 0.15) is 19.0 Å². The average Bonchev–Trinajstić information content (AvgIpc) is 3.14. The van der Waals surface area contributed by atoms with E-state index in [9.17, 15) is 9.59 Å². The van der Waals surface area contributed by atoms with E-state index in [-0.39, 0.29) is 29.5 Å². The summed E-state index contributed by atoms with van der Waals surface area (Å²) in [6.45, 7) is 8.64. The lowest BCUT2D eigenvalue weighted by atomic mass is 9.95. The number of rotatable bonds is 8. The second kappa shape index (κ2) is 9.88. The Morgan fingerprint density at radius 1 is 1.13 bits per heavy atom. The molecule has 2 aromatic rings. The van der Waals surface area contributed by atoms with E-state index in [2.05, 4.69) is 15.8 Å². The molecule has 2 N–H and O–H groups in total. The van der Waals surface area contributed by atoms with E-state index in [0.29, 0.717) is 30.5 Å². The largest absolute Gasteiger partial charge is 0.486 e. The maximum atomic E-state index is 12.6. The molecule has 0 saturated heterocycles. The van der Waals surface area contributed by atoms with Gasteiger partial charge in [0, 0.05) is 6.07 Å². The van der Waals surface area contributed by atoms with Crippen molar-refractivity contribution in [3.05, 3.63) is 35.6 Å². The van der Waals surface area contributed by atoms with E-state index in [0.717, 1.165) is 11.3 Å². The first kappa shape index (κ1) is 22.0. The van der Waals surface area contributed by atoms with Crippen LogP contribution in [0, 0.1) is 12.8 Å². The summed E-state index contributed by atoms with van der Waals surface area (Å²) >= 11 is 1.26. The molecule has 2 heterocycles. The third-order valence-electron chi connectivity index (χ3n) is 4.62. The van der Waals surface area contributed by atoms with Crippen molar-refractivity contribution in [3.8, 4) is 11.5 Å². The highest BCUT2D eigenvalue weighted by Crippen LogP contribution is 2.34. The van der Waals surface area contributed by atoms with Crippen LogP contribution in [-0.4, -0.2) is 41.2 Å². The van der Waals surface area contributed by atoms with Gasteiger partial charge in [-0.3, -0.25) is 9.59 Å². The minimum absolute atomic E-state index is 0.134. The van der Waals surface area contributed by atoms with Gasteiger partial charge in [-0.1, -0.05) is 25.1 Å². The number of carbonyl (C=O) groups is 2. The molecule has 2 unspecified atom stereocenters. The molecule has 8 nitrogen and oxygen atoms in total. The molecule has 1 aromatic heterocycles. The number of anilines is 1. The Kier molecular flexibility index (Phi) is 7.25. The first-order chi connectivity index (χ1) is 14.3. The molecule has 0 saturated carbocycles. The van der Waals surface area contributed by atoms with Crippen molar-refractivity contribution in [2.24, 2.45) is 5.92 Å². The standard InChI is InChI=1S/C21H27N3O5S/c1-12(2)20(15-5-6-16-17(10-15)28-8-7-27-16)23-19(25)11-30-14(4)21(26)22-18-9-13(3)29-24-18/h5-6,9-10,12,14,20H,7-8,11H2,1-4H3,(H,23,25)(H,22,24,26). The van der Waals surface area contributed by atoms with Crippen molar-refractivity contribution in [3.63, 3.8) is 0 Å². The number of amides is 2. The lowest BCUT2D eigenvalue weighted by molar-refractivity contribution is -0.119. The number of carbonyl (C=O) groups excluding carboxylic acids is 2. The molecule has 1 aliphatic rings. The van der Waals surface area contributed by atoms with Crippen molar-refractivity contribution >= 4 is 29.4 Å². The van der Waals surface area contributed by atoms with Crippen molar-refractivity contribution in [1.82, 2.24) is 10.5 Å². The third-order valence-corrected chi connectivity index (χ3v) is 5.76.